The van der Waals surface area contributed by atoms with Crippen LogP contribution in [0, 0.1) is 6.92 Å². The first-order valence-corrected chi connectivity index (χ1v) is 11.9. The molecular weight excluding hydrogens is 416 g/mol. The number of amides is 2. The van der Waals surface area contributed by atoms with Crippen LogP contribution in [0.15, 0.2) is 48.5 Å². The number of methoxy groups -OCH3 is 1. The van der Waals surface area contributed by atoms with E-state index in [-0.39, 0.29) is 11.8 Å². The summed E-state index contributed by atoms with van der Waals surface area (Å²) < 4.78 is 10.9. The predicted octanol–water partition coefficient (Wildman–Crippen LogP) is 4.89. The van der Waals surface area contributed by atoms with Crippen LogP contribution >= 0.6 is 0 Å². The number of benzene rings is 2. The van der Waals surface area contributed by atoms with Gasteiger partial charge in [0, 0.05) is 19.5 Å². The minimum Gasteiger partial charge on any atom is -0.497 e. The number of ether oxygens (including phenoxy) is 2. The average molecular weight is 455 g/mol. The number of nitrogens with zero attached hydrogens (tertiary/aromatic N) is 1. The zero-order valence-electron chi connectivity index (χ0n) is 20.4. The number of carbonyl (C=O) groups is 2. The summed E-state index contributed by atoms with van der Waals surface area (Å²) in [5.41, 5.74) is 2.18. The molecule has 0 heterocycles. The molecule has 0 bridgehead atoms. The van der Waals surface area contributed by atoms with Crippen molar-refractivity contribution in [2.75, 3.05) is 20.3 Å². The Morgan fingerprint density at radius 1 is 0.970 bits per heavy atom. The predicted molar refractivity (Wildman–Crippen MR) is 131 cm³/mol. The summed E-state index contributed by atoms with van der Waals surface area (Å²) in [6.07, 6.45) is 3.40. The normalized spacial score (nSPS) is 11.5. The van der Waals surface area contributed by atoms with E-state index in [9.17, 15) is 9.59 Å². The first-order chi connectivity index (χ1) is 16.0. The van der Waals surface area contributed by atoms with Gasteiger partial charge in [-0.25, -0.2) is 0 Å². The van der Waals surface area contributed by atoms with Gasteiger partial charge in [-0.2, -0.15) is 0 Å². The monoisotopic (exact) mass is 454 g/mol. The fourth-order valence-corrected chi connectivity index (χ4v) is 3.54. The van der Waals surface area contributed by atoms with Gasteiger partial charge in [0.05, 0.1) is 13.7 Å². The first kappa shape index (κ1) is 26.2. The molecule has 0 aromatic heterocycles. The summed E-state index contributed by atoms with van der Waals surface area (Å²) in [5, 5.41) is 3.00. The van der Waals surface area contributed by atoms with Crippen LogP contribution in [0.25, 0.3) is 0 Å². The van der Waals surface area contributed by atoms with Gasteiger partial charge in [-0.1, -0.05) is 50.1 Å². The summed E-state index contributed by atoms with van der Waals surface area (Å²) in [6, 6.07) is 15.0. The number of aryl methyl sites for hydroxylation is 1. The van der Waals surface area contributed by atoms with Gasteiger partial charge < -0.3 is 19.7 Å². The minimum atomic E-state index is -0.488. The van der Waals surface area contributed by atoms with Crippen LogP contribution in [-0.4, -0.2) is 43.0 Å². The van der Waals surface area contributed by atoms with E-state index in [1.165, 1.54) is 0 Å². The van der Waals surface area contributed by atoms with Gasteiger partial charge in [0.25, 0.3) is 0 Å². The van der Waals surface area contributed by atoms with Crippen LogP contribution in [0.4, 0.5) is 0 Å². The smallest absolute Gasteiger partial charge is 0.242 e. The molecule has 0 aliphatic rings. The van der Waals surface area contributed by atoms with Crippen LogP contribution in [0.1, 0.15) is 57.1 Å². The Kier molecular flexibility index (Phi) is 11.3. The molecule has 2 rings (SSSR count). The van der Waals surface area contributed by atoms with Gasteiger partial charge >= 0.3 is 0 Å². The Balaban J connectivity index is 2.00. The lowest BCUT2D eigenvalue weighted by atomic mass is 10.1. The molecular formula is C27H38N2O4. The van der Waals surface area contributed by atoms with Crippen molar-refractivity contribution in [3.05, 3.63) is 59.7 Å². The molecule has 0 fully saturated rings. The van der Waals surface area contributed by atoms with Crippen molar-refractivity contribution in [3.63, 3.8) is 0 Å². The largest absolute Gasteiger partial charge is 0.497 e. The maximum Gasteiger partial charge on any atom is 0.242 e. The molecule has 0 radical (unpaired) electrons. The molecule has 180 valence electrons. The third-order valence-corrected chi connectivity index (χ3v) is 5.55. The highest BCUT2D eigenvalue weighted by Crippen LogP contribution is 2.18. The van der Waals surface area contributed by atoms with Crippen LogP contribution in [-0.2, 0) is 16.1 Å². The Labute approximate surface area is 198 Å². The summed E-state index contributed by atoms with van der Waals surface area (Å²) in [7, 11) is 1.62. The van der Waals surface area contributed by atoms with Crippen LogP contribution in [0.5, 0.6) is 11.5 Å². The van der Waals surface area contributed by atoms with Gasteiger partial charge in [0.2, 0.25) is 11.8 Å². The highest BCUT2D eigenvalue weighted by molar-refractivity contribution is 5.87. The molecule has 0 spiro atoms. The van der Waals surface area contributed by atoms with Crippen LogP contribution in [0.3, 0.4) is 0 Å². The minimum absolute atomic E-state index is 0.0357. The number of nitrogens with one attached hydrogen (secondary N) is 1. The van der Waals surface area contributed by atoms with Gasteiger partial charge in [-0.15, -0.1) is 0 Å². The third-order valence-electron chi connectivity index (χ3n) is 5.55. The zero-order valence-corrected chi connectivity index (χ0v) is 20.4. The summed E-state index contributed by atoms with van der Waals surface area (Å²) in [6.45, 7) is 7.55. The van der Waals surface area contributed by atoms with E-state index >= 15 is 0 Å². The Morgan fingerprint density at radius 2 is 1.64 bits per heavy atom. The molecule has 1 N–H and O–H groups in total. The Bertz CT molecular complexity index is 849. The number of rotatable bonds is 14. The average Bonchev–Trinajstić information content (AvgIpc) is 2.83. The highest BCUT2D eigenvalue weighted by Gasteiger charge is 2.28. The maximum atomic E-state index is 13.2. The molecule has 2 amide bonds. The van der Waals surface area contributed by atoms with Crippen molar-refractivity contribution in [1.29, 1.82) is 0 Å². The third kappa shape index (κ3) is 8.79. The van der Waals surface area contributed by atoms with Gasteiger partial charge in [0.15, 0.2) is 0 Å². The van der Waals surface area contributed by atoms with Crippen molar-refractivity contribution < 1.29 is 19.1 Å². The SMILES string of the molecule is CCCCNC(=O)[C@@H](CC)N(Cc1ccc(C)cc1)C(=O)CCCOc1ccc(OC)cc1. The van der Waals surface area contributed by atoms with E-state index in [2.05, 4.69) is 12.2 Å². The van der Waals surface area contributed by atoms with E-state index in [4.69, 9.17) is 9.47 Å². The van der Waals surface area contributed by atoms with Crippen molar-refractivity contribution in [1.82, 2.24) is 10.2 Å². The van der Waals surface area contributed by atoms with E-state index in [0.29, 0.717) is 39.0 Å². The van der Waals surface area contributed by atoms with Crippen LogP contribution in [0.2, 0.25) is 0 Å². The lowest BCUT2D eigenvalue weighted by molar-refractivity contribution is -0.141. The van der Waals surface area contributed by atoms with Gasteiger partial charge in [-0.05, 0) is 56.0 Å². The summed E-state index contributed by atoms with van der Waals surface area (Å²) >= 11 is 0. The molecule has 6 heteroatoms. The first-order valence-electron chi connectivity index (χ1n) is 11.9. The Hall–Kier alpha value is -3.02. The quantitative estimate of drug-likeness (QED) is 0.413. The second kappa shape index (κ2) is 14.2. The van der Waals surface area contributed by atoms with Gasteiger partial charge in [-0.3, -0.25) is 9.59 Å². The molecule has 2 aromatic carbocycles. The fourth-order valence-electron chi connectivity index (χ4n) is 3.54. The fraction of sp³-hybridized carbons (Fsp3) is 0.481. The Morgan fingerprint density at radius 3 is 2.24 bits per heavy atom. The standard InChI is InChI=1S/C27H38N2O4/c1-5-7-18-28-27(31)25(6-2)29(20-22-12-10-21(3)11-13-22)26(30)9-8-19-33-24-16-14-23(32-4)15-17-24/h10-17,25H,5-9,18-20H2,1-4H3,(H,28,31)/t25-/m1/s1. The van der Waals surface area contributed by atoms with E-state index in [1.54, 1.807) is 12.0 Å². The van der Waals surface area contributed by atoms with Crippen molar-refractivity contribution in [2.24, 2.45) is 0 Å². The molecule has 0 saturated heterocycles. The maximum absolute atomic E-state index is 13.2. The van der Waals surface area contributed by atoms with Gasteiger partial charge in [0.1, 0.15) is 17.5 Å². The topological polar surface area (TPSA) is 67.9 Å². The molecule has 1 atom stereocenters. The van der Waals surface area contributed by atoms with Crippen LogP contribution < -0.4 is 14.8 Å². The van der Waals surface area contributed by atoms with Crippen molar-refractivity contribution in [3.8, 4) is 11.5 Å². The zero-order chi connectivity index (χ0) is 24.1. The van der Waals surface area contributed by atoms with Crippen molar-refractivity contribution >= 4 is 11.8 Å². The molecule has 6 nitrogen and oxygen atoms in total. The molecule has 0 saturated carbocycles. The molecule has 0 unspecified atom stereocenters. The van der Waals surface area contributed by atoms with Crippen molar-refractivity contribution in [2.45, 2.75) is 65.5 Å². The number of hydrogen-bond acceptors (Lipinski definition) is 4. The summed E-state index contributed by atoms with van der Waals surface area (Å²) in [4.78, 5) is 27.8. The lowest BCUT2D eigenvalue weighted by Gasteiger charge is -2.31. The molecule has 0 aliphatic carbocycles. The summed E-state index contributed by atoms with van der Waals surface area (Å²) in [5.74, 6) is 1.39. The number of carbonyl (C=O) groups excluding carboxylic acids is 2. The number of unbranched alkanes of at least 4 members (excludes halogenated alkanes) is 1. The second-order valence-electron chi connectivity index (χ2n) is 8.20. The molecule has 0 aliphatic heterocycles. The lowest BCUT2D eigenvalue weighted by Crippen LogP contribution is -2.49. The second-order valence-corrected chi connectivity index (χ2v) is 8.20. The molecule has 2 aromatic rings. The molecule has 33 heavy (non-hydrogen) atoms. The van der Waals surface area contributed by atoms with E-state index in [1.807, 2.05) is 62.4 Å². The van der Waals surface area contributed by atoms with E-state index in [0.717, 1.165) is 35.5 Å². The number of hydrogen-bond donors (Lipinski definition) is 1. The highest BCUT2D eigenvalue weighted by atomic mass is 16.5. The van der Waals surface area contributed by atoms with E-state index < -0.39 is 6.04 Å².